The number of rotatable bonds is 4. The number of hydrogen-bond donors (Lipinski definition) is 0. The fourth-order valence-corrected chi connectivity index (χ4v) is 2.91. The van der Waals surface area contributed by atoms with E-state index < -0.39 is 15.0 Å². The molecule has 0 aliphatic heterocycles. The average Bonchev–Trinajstić information content (AvgIpc) is 2.39. The van der Waals surface area contributed by atoms with Gasteiger partial charge < -0.3 is 21.3 Å². The molecule has 0 heterocycles. The summed E-state index contributed by atoms with van der Waals surface area (Å²) in [6, 6.07) is 4.84. The zero-order valence-electron chi connectivity index (χ0n) is 11.9. The van der Waals surface area contributed by atoms with Crippen molar-refractivity contribution in [1.82, 2.24) is 0 Å². The molecular weight excluding hydrogens is 410 g/mol. The Hall–Kier alpha value is 0.959. The van der Waals surface area contributed by atoms with Crippen LogP contribution in [0.2, 0.25) is 0 Å². The molecule has 2 aromatic rings. The van der Waals surface area contributed by atoms with Gasteiger partial charge in [0.15, 0.2) is 0 Å². The van der Waals surface area contributed by atoms with Gasteiger partial charge >= 0.3 is 76.2 Å². The Morgan fingerprint density at radius 1 is 1.09 bits per heavy atom. The van der Waals surface area contributed by atoms with Gasteiger partial charge in [0.2, 0.25) is 0 Å². The number of nitrogens with one attached hydrogen (secondary N) is 2. The molecule has 0 saturated heterocycles. The summed E-state index contributed by atoms with van der Waals surface area (Å²) < 4.78 is 37.8. The smallest absolute Gasteiger partial charge is 0.744 e. The van der Waals surface area contributed by atoms with Crippen LogP contribution in [0.25, 0.3) is 22.2 Å². The predicted molar refractivity (Wildman–Crippen MR) is 67.9 cm³/mol. The van der Waals surface area contributed by atoms with Crippen molar-refractivity contribution in [2.75, 3.05) is 0 Å². The van der Waals surface area contributed by atoms with Crippen molar-refractivity contribution in [2.45, 2.75) is 9.79 Å². The summed E-state index contributed by atoms with van der Waals surface area (Å²) >= 11 is 0.397. The third-order valence-corrected chi connectivity index (χ3v) is 3.93. The maximum absolute atomic E-state index is 11.3. The van der Waals surface area contributed by atoms with Gasteiger partial charge in [-0.1, -0.05) is 12.1 Å². The molecule has 0 saturated carbocycles. The molecule has 0 spiro atoms. The van der Waals surface area contributed by atoms with Crippen molar-refractivity contribution in [3.05, 3.63) is 35.7 Å². The van der Waals surface area contributed by atoms with Gasteiger partial charge in [0.1, 0.15) is 10.1 Å². The van der Waals surface area contributed by atoms with Crippen molar-refractivity contribution < 1.29 is 104 Å². The van der Waals surface area contributed by atoms with E-state index in [4.69, 9.17) is 11.5 Å². The first-order valence-corrected chi connectivity index (χ1v) is 7.12. The van der Waals surface area contributed by atoms with E-state index in [1.54, 1.807) is 0 Å². The minimum absolute atomic E-state index is 0. The van der Waals surface area contributed by atoms with Gasteiger partial charge in [-0.2, -0.15) is 10.0 Å². The molecule has 2 N–H and O–H groups in total. The first-order valence-electron chi connectivity index (χ1n) is 4.97. The Morgan fingerprint density at radius 2 is 1.70 bits per heavy atom. The van der Waals surface area contributed by atoms with Crippen molar-refractivity contribution in [2.24, 2.45) is 0 Å². The number of fused-ring (bicyclic) bond motifs is 1. The van der Waals surface area contributed by atoms with E-state index in [9.17, 15) is 18.2 Å². The van der Waals surface area contributed by atoms with Gasteiger partial charge in [0.25, 0.3) is 0 Å². The van der Waals surface area contributed by atoms with Crippen molar-refractivity contribution in [1.29, 1.82) is 0 Å². The standard InChI is InChI=1S/C10H8N2O6S2.Fe.2Na/c11-8-2-1-6-7(10(8)12)3-5(19-18-17-13)4-9(6)20(14,15)16;;;/h1-4,11-13H,(H,14,15,16);;;/q-2;+2;2*+1/p-2. The summed E-state index contributed by atoms with van der Waals surface area (Å²) in [5.74, 6) is 0. The van der Waals surface area contributed by atoms with Crippen LogP contribution in [0.5, 0.6) is 0 Å². The third kappa shape index (κ3) is 6.32. The molecule has 0 radical (unpaired) electrons. The molecule has 2 rings (SSSR count). The van der Waals surface area contributed by atoms with Gasteiger partial charge in [0.05, 0.1) is 16.9 Å². The zero-order chi connectivity index (χ0) is 14.9. The van der Waals surface area contributed by atoms with Crippen LogP contribution >= 0.6 is 12.0 Å². The molecule has 0 fully saturated rings. The summed E-state index contributed by atoms with van der Waals surface area (Å²) in [4.78, 5) is -0.470. The van der Waals surface area contributed by atoms with Gasteiger partial charge in [0, 0.05) is 4.90 Å². The van der Waals surface area contributed by atoms with Crippen molar-refractivity contribution in [3.8, 4) is 0 Å². The van der Waals surface area contributed by atoms with E-state index in [1.165, 1.54) is 18.2 Å². The molecule has 0 amide bonds. The van der Waals surface area contributed by atoms with E-state index in [-0.39, 0.29) is 103 Å². The van der Waals surface area contributed by atoms with Gasteiger partial charge in [-0.25, -0.2) is 8.42 Å². The van der Waals surface area contributed by atoms with Crippen LogP contribution in [0.1, 0.15) is 0 Å². The van der Waals surface area contributed by atoms with Crippen LogP contribution < -0.4 is 64.4 Å². The number of benzene rings is 2. The van der Waals surface area contributed by atoms with Gasteiger partial charge in [-0.3, -0.25) is 5.04 Å². The Morgan fingerprint density at radius 3 is 2.22 bits per heavy atom. The molecule has 0 atom stereocenters. The molecule has 0 aliphatic rings. The Balaban J connectivity index is 0. The largest absolute Gasteiger partial charge is 2.00 e. The van der Waals surface area contributed by atoms with Crippen LogP contribution in [-0.4, -0.2) is 13.0 Å². The Kier molecular flexibility index (Phi) is 12.3. The molecule has 2 aromatic carbocycles. The Labute approximate surface area is 191 Å². The normalized spacial score (nSPS) is 10.3. The second-order valence-electron chi connectivity index (χ2n) is 3.68. The summed E-state index contributed by atoms with van der Waals surface area (Å²) in [5, 5.41) is 13.0. The summed E-state index contributed by atoms with van der Waals surface area (Å²) in [6.07, 6.45) is 0. The van der Waals surface area contributed by atoms with Crippen LogP contribution in [-0.2, 0) is 36.6 Å². The topological polar surface area (TPSA) is 146 Å². The molecule has 8 nitrogen and oxygen atoms in total. The second kappa shape index (κ2) is 10.8. The summed E-state index contributed by atoms with van der Waals surface area (Å²) in [7, 11) is -4.79. The molecule has 0 unspecified atom stereocenters. The SMILES string of the molecule is [Fe+2].[NH-]c1ccc2c(S(=O)(=O)[O-])cc(SOO[O-])cc2c1[NH-].[Na+].[Na+]. The van der Waals surface area contributed by atoms with Gasteiger partial charge in [-0.15, -0.1) is 5.69 Å². The van der Waals surface area contributed by atoms with Gasteiger partial charge in [-0.05, 0) is 22.9 Å². The minimum Gasteiger partial charge on any atom is -0.744 e. The fraction of sp³-hybridized carbons (Fsp3) is 0. The fourth-order valence-electron chi connectivity index (χ4n) is 1.68. The second-order valence-corrected chi connectivity index (χ2v) is 5.80. The molecule has 0 aromatic heterocycles. The Bertz CT molecular complexity index is 778. The maximum atomic E-state index is 11.3. The van der Waals surface area contributed by atoms with Crippen LogP contribution in [0, 0.1) is 0 Å². The van der Waals surface area contributed by atoms with E-state index in [0.717, 1.165) is 6.07 Å². The molecule has 0 aliphatic carbocycles. The molecule has 13 heteroatoms. The van der Waals surface area contributed by atoms with E-state index in [2.05, 4.69) is 9.37 Å². The minimum atomic E-state index is -4.79. The van der Waals surface area contributed by atoms with E-state index >= 15 is 0 Å². The zero-order valence-corrected chi connectivity index (χ0v) is 18.7. The molecule has 23 heavy (non-hydrogen) atoms. The molecule has 0 bridgehead atoms. The first kappa shape index (κ1) is 26.2. The van der Waals surface area contributed by atoms with E-state index in [1.807, 2.05) is 0 Å². The van der Waals surface area contributed by atoms with Crippen LogP contribution in [0.4, 0.5) is 11.4 Å². The summed E-state index contributed by atoms with van der Waals surface area (Å²) in [6.45, 7) is 0. The average molecular weight is 416 g/mol. The van der Waals surface area contributed by atoms with E-state index in [0.29, 0.717) is 12.0 Å². The maximum Gasteiger partial charge on any atom is 2.00 e. The monoisotopic (exact) mass is 416 g/mol. The third-order valence-electron chi connectivity index (χ3n) is 2.50. The molecule has 114 valence electrons. The summed E-state index contributed by atoms with van der Waals surface area (Å²) in [5.41, 5.74) is 14.9. The van der Waals surface area contributed by atoms with Crippen LogP contribution in [0.3, 0.4) is 0 Å². The quantitative estimate of drug-likeness (QED) is 0.164. The van der Waals surface area contributed by atoms with Crippen LogP contribution in [0.15, 0.2) is 34.1 Å². The predicted octanol–water partition coefficient (Wildman–Crippen LogP) is -3.65. The van der Waals surface area contributed by atoms with Crippen molar-refractivity contribution in [3.63, 3.8) is 0 Å². The van der Waals surface area contributed by atoms with Crippen molar-refractivity contribution >= 4 is 44.3 Å². The molecular formula is C10H6FeN2Na2O6S2. The first-order chi connectivity index (χ1) is 9.34. The number of hydrogen-bond acceptors (Lipinski definition) is 7.